The second kappa shape index (κ2) is 5.95. The molecule has 0 saturated carbocycles. The minimum Gasteiger partial charge on any atom is -0.377 e. The Morgan fingerprint density at radius 2 is 2.00 bits per heavy atom. The topological polar surface area (TPSA) is 52.0 Å². The maximum atomic E-state index is 5.35. The summed E-state index contributed by atoms with van der Waals surface area (Å²) >= 11 is 0. The number of hydrogen-bond acceptors (Lipinski definition) is 4. The van der Waals surface area contributed by atoms with Crippen LogP contribution in [0.4, 0.5) is 0 Å². The summed E-state index contributed by atoms with van der Waals surface area (Å²) in [5.74, 6) is 0. The van der Waals surface area contributed by atoms with E-state index in [4.69, 9.17) is 4.74 Å². The van der Waals surface area contributed by atoms with Crippen LogP contribution >= 0.6 is 0 Å². The molecule has 1 aromatic carbocycles. The van der Waals surface area contributed by atoms with Crippen LogP contribution in [0.2, 0.25) is 0 Å². The molecule has 19 heavy (non-hydrogen) atoms. The van der Waals surface area contributed by atoms with Crippen molar-refractivity contribution >= 4 is 0 Å². The summed E-state index contributed by atoms with van der Waals surface area (Å²) in [6, 6.07) is 9.87. The minimum absolute atomic E-state index is 0.171. The summed E-state index contributed by atoms with van der Waals surface area (Å²) in [5, 5.41) is 12.0. The second-order valence-electron chi connectivity index (χ2n) is 5.03. The maximum absolute atomic E-state index is 5.35. The molecule has 2 rings (SSSR count). The third-order valence-electron chi connectivity index (χ3n) is 2.94. The van der Waals surface area contributed by atoms with E-state index in [1.807, 2.05) is 44.2 Å². The summed E-state index contributed by atoms with van der Waals surface area (Å²) in [6.07, 6.45) is 1.78. The normalized spacial score (nSPS) is 11.7. The van der Waals surface area contributed by atoms with E-state index in [2.05, 4.69) is 15.5 Å². The van der Waals surface area contributed by atoms with E-state index < -0.39 is 0 Å². The van der Waals surface area contributed by atoms with Crippen LogP contribution in [0.1, 0.15) is 19.5 Å². The molecule has 0 atom stereocenters. The maximum Gasteiger partial charge on any atom is 0.0969 e. The molecule has 0 aliphatic carbocycles. The van der Waals surface area contributed by atoms with E-state index in [9.17, 15) is 0 Å². The fourth-order valence-electron chi connectivity index (χ4n) is 1.63. The Labute approximate surface area is 113 Å². The number of nitrogens with zero attached hydrogens (tertiary/aromatic N) is 3. The highest BCUT2D eigenvalue weighted by molar-refractivity contribution is 5.28. The Morgan fingerprint density at radius 3 is 2.68 bits per heavy atom. The molecule has 5 nitrogen and oxygen atoms in total. The summed E-state index contributed by atoms with van der Waals surface area (Å²) in [7, 11) is 1.72. The van der Waals surface area contributed by atoms with Crippen molar-refractivity contribution in [1.29, 1.82) is 0 Å². The van der Waals surface area contributed by atoms with E-state index in [0.29, 0.717) is 6.54 Å². The highest BCUT2D eigenvalue weighted by Gasteiger charge is 2.15. The minimum atomic E-state index is -0.171. The smallest absolute Gasteiger partial charge is 0.0969 e. The summed E-state index contributed by atoms with van der Waals surface area (Å²) < 4.78 is 5.35. The number of ether oxygens (including phenoxy) is 1. The van der Waals surface area contributed by atoms with E-state index in [1.54, 1.807) is 18.1 Å². The molecule has 5 heteroatoms. The van der Waals surface area contributed by atoms with Crippen LogP contribution in [0.25, 0.3) is 5.69 Å². The first-order chi connectivity index (χ1) is 9.11. The number of nitrogens with one attached hydrogen (secondary N) is 1. The number of hydrogen-bond donors (Lipinski definition) is 1. The largest absolute Gasteiger partial charge is 0.377 e. The molecule has 0 aliphatic rings. The van der Waals surface area contributed by atoms with Gasteiger partial charge in [-0.15, -0.1) is 0 Å². The Bertz CT molecular complexity index is 507. The molecular formula is C14H20N4O. The average Bonchev–Trinajstić information content (AvgIpc) is 2.88. The lowest BCUT2D eigenvalue weighted by molar-refractivity contribution is 0.0230. The lowest BCUT2D eigenvalue weighted by Gasteiger charge is -2.22. The van der Waals surface area contributed by atoms with Crippen molar-refractivity contribution in [3.8, 4) is 5.69 Å². The first-order valence-electron chi connectivity index (χ1n) is 6.33. The number of para-hydroxylation sites is 1. The highest BCUT2D eigenvalue weighted by Crippen LogP contribution is 2.06. The molecule has 1 heterocycles. The van der Waals surface area contributed by atoms with Gasteiger partial charge in [-0.2, -0.15) is 15.0 Å². The molecule has 0 radical (unpaired) electrons. The molecule has 0 spiro atoms. The van der Waals surface area contributed by atoms with Crippen LogP contribution in [-0.2, 0) is 11.3 Å². The number of rotatable bonds is 6. The van der Waals surface area contributed by atoms with Gasteiger partial charge in [0.05, 0.1) is 23.2 Å². The van der Waals surface area contributed by atoms with Crippen LogP contribution in [0.5, 0.6) is 0 Å². The molecule has 1 N–H and O–H groups in total. The Kier molecular flexibility index (Phi) is 4.29. The van der Waals surface area contributed by atoms with Gasteiger partial charge in [-0.1, -0.05) is 18.2 Å². The Morgan fingerprint density at radius 1 is 1.26 bits per heavy atom. The number of benzene rings is 1. The summed E-state index contributed by atoms with van der Waals surface area (Å²) in [4.78, 5) is 1.64. The van der Waals surface area contributed by atoms with E-state index in [1.165, 1.54) is 0 Å². The third-order valence-corrected chi connectivity index (χ3v) is 2.94. The van der Waals surface area contributed by atoms with E-state index in [-0.39, 0.29) is 5.60 Å². The molecule has 0 amide bonds. The fraction of sp³-hybridized carbons (Fsp3) is 0.429. The molecule has 0 unspecified atom stereocenters. The van der Waals surface area contributed by atoms with Crippen LogP contribution in [0, 0.1) is 0 Å². The van der Waals surface area contributed by atoms with Gasteiger partial charge in [0.25, 0.3) is 0 Å². The van der Waals surface area contributed by atoms with Crippen molar-refractivity contribution < 1.29 is 4.74 Å². The van der Waals surface area contributed by atoms with Crippen molar-refractivity contribution in [2.45, 2.75) is 26.0 Å². The monoisotopic (exact) mass is 260 g/mol. The van der Waals surface area contributed by atoms with Crippen molar-refractivity contribution in [2.24, 2.45) is 0 Å². The standard InChI is InChI=1S/C14H20N4O/c1-14(2,19-3)11-15-9-12-10-16-18(17-12)13-7-5-4-6-8-13/h4-8,10,15H,9,11H2,1-3H3. The van der Waals surface area contributed by atoms with Crippen molar-refractivity contribution in [1.82, 2.24) is 20.3 Å². The fourth-order valence-corrected chi connectivity index (χ4v) is 1.63. The SMILES string of the molecule is COC(C)(C)CNCc1cnn(-c2ccccc2)n1. The molecular weight excluding hydrogens is 240 g/mol. The second-order valence-corrected chi connectivity index (χ2v) is 5.03. The quantitative estimate of drug-likeness (QED) is 0.860. The number of methoxy groups -OCH3 is 1. The van der Waals surface area contributed by atoms with Crippen LogP contribution in [0.3, 0.4) is 0 Å². The van der Waals surface area contributed by atoms with Gasteiger partial charge in [0.1, 0.15) is 0 Å². The average molecular weight is 260 g/mol. The Hall–Kier alpha value is -1.72. The van der Waals surface area contributed by atoms with Crippen LogP contribution in [-0.4, -0.2) is 34.2 Å². The molecule has 0 fully saturated rings. The summed E-state index contributed by atoms with van der Waals surface area (Å²) in [6.45, 7) is 5.53. The molecule has 1 aromatic heterocycles. The molecule has 0 aliphatic heterocycles. The Balaban J connectivity index is 1.92. The van der Waals surface area contributed by atoms with Gasteiger partial charge in [0.2, 0.25) is 0 Å². The van der Waals surface area contributed by atoms with Gasteiger partial charge in [0.15, 0.2) is 0 Å². The zero-order valence-corrected chi connectivity index (χ0v) is 11.6. The van der Waals surface area contributed by atoms with Crippen molar-refractivity contribution in [3.63, 3.8) is 0 Å². The lowest BCUT2D eigenvalue weighted by atomic mass is 10.1. The zero-order valence-electron chi connectivity index (χ0n) is 11.6. The van der Waals surface area contributed by atoms with Crippen LogP contribution < -0.4 is 5.32 Å². The molecule has 2 aromatic rings. The van der Waals surface area contributed by atoms with Gasteiger partial charge in [-0.3, -0.25) is 0 Å². The lowest BCUT2D eigenvalue weighted by Crippen LogP contribution is -2.36. The molecule has 0 saturated heterocycles. The highest BCUT2D eigenvalue weighted by atomic mass is 16.5. The predicted molar refractivity (Wildman–Crippen MR) is 74.2 cm³/mol. The molecule has 102 valence electrons. The van der Waals surface area contributed by atoms with Gasteiger partial charge in [-0.25, -0.2) is 0 Å². The molecule has 0 bridgehead atoms. The third kappa shape index (κ3) is 3.87. The van der Waals surface area contributed by atoms with Crippen molar-refractivity contribution in [3.05, 3.63) is 42.2 Å². The van der Waals surface area contributed by atoms with Gasteiger partial charge >= 0.3 is 0 Å². The van der Waals surface area contributed by atoms with Crippen LogP contribution in [0.15, 0.2) is 36.5 Å². The van der Waals surface area contributed by atoms with E-state index in [0.717, 1.165) is 17.9 Å². The van der Waals surface area contributed by atoms with Gasteiger partial charge in [-0.05, 0) is 26.0 Å². The first-order valence-corrected chi connectivity index (χ1v) is 6.33. The van der Waals surface area contributed by atoms with E-state index >= 15 is 0 Å². The van der Waals surface area contributed by atoms with Gasteiger partial charge < -0.3 is 10.1 Å². The summed E-state index contributed by atoms with van der Waals surface area (Å²) in [5.41, 5.74) is 1.71. The van der Waals surface area contributed by atoms with Gasteiger partial charge in [0, 0.05) is 20.2 Å². The zero-order chi connectivity index (χ0) is 13.7. The predicted octanol–water partition coefficient (Wildman–Crippen LogP) is 1.78. The van der Waals surface area contributed by atoms with Crippen molar-refractivity contribution in [2.75, 3.05) is 13.7 Å². The first kappa shape index (κ1) is 13.7. The number of aromatic nitrogens is 3.